The van der Waals surface area contributed by atoms with Crippen molar-refractivity contribution < 1.29 is 4.79 Å². The standard InChI is InChI=1S/C12H13NO/c14-12-8-4-5-9-13(12)10-11-6-2-1-3-7-11/h1-3,5-7,9H,4,8,10H2. The first-order valence-corrected chi connectivity index (χ1v) is 4.86. The highest BCUT2D eigenvalue weighted by atomic mass is 16.2. The third-order valence-corrected chi connectivity index (χ3v) is 2.33. The van der Waals surface area contributed by atoms with Gasteiger partial charge in [-0.3, -0.25) is 4.79 Å². The fourth-order valence-electron chi connectivity index (χ4n) is 1.56. The molecule has 0 aromatic heterocycles. The zero-order valence-electron chi connectivity index (χ0n) is 8.02. The number of benzene rings is 1. The van der Waals surface area contributed by atoms with Crippen molar-refractivity contribution in [2.75, 3.05) is 0 Å². The van der Waals surface area contributed by atoms with Gasteiger partial charge in [0.1, 0.15) is 0 Å². The van der Waals surface area contributed by atoms with Crippen molar-refractivity contribution in [2.24, 2.45) is 0 Å². The van der Waals surface area contributed by atoms with E-state index in [4.69, 9.17) is 0 Å². The number of hydrogen-bond acceptors (Lipinski definition) is 1. The Hall–Kier alpha value is -1.57. The Labute approximate surface area is 83.8 Å². The van der Waals surface area contributed by atoms with Crippen LogP contribution in [0.2, 0.25) is 0 Å². The van der Waals surface area contributed by atoms with E-state index in [-0.39, 0.29) is 5.91 Å². The number of nitrogens with zero attached hydrogens (tertiary/aromatic N) is 1. The summed E-state index contributed by atoms with van der Waals surface area (Å²) in [5, 5.41) is 0. The Bertz CT molecular complexity index is 343. The van der Waals surface area contributed by atoms with Crippen molar-refractivity contribution in [1.29, 1.82) is 0 Å². The van der Waals surface area contributed by atoms with Crippen molar-refractivity contribution in [1.82, 2.24) is 4.90 Å². The summed E-state index contributed by atoms with van der Waals surface area (Å²) in [6.07, 6.45) is 5.45. The lowest BCUT2D eigenvalue weighted by atomic mass is 10.1. The molecule has 2 nitrogen and oxygen atoms in total. The molecule has 0 saturated heterocycles. The molecule has 0 spiro atoms. The van der Waals surface area contributed by atoms with Crippen molar-refractivity contribution in [3.05, 3.63) is 48.2 Å². The van der Waals surface area contributed by atoms with E-state index in [1.165, 1.54) is 5.56 Å². The second kappa shape index (κ2) is 4.09. The van der Waals surface area contributed by atoms with Crippen LogP contribution >= 0.6 is 0 Å². The largest absolute Gasteiger partial charge is 0.315 e. The molecule has 1 aliphatic rings. The van der Waals surface area contributed by atoms with Crippen molar-refractivity contribution in [3.8, 4) is 0 Å². The first kappa shape index (κ1) is 9.00. The van der Waals surface area contributed by atoms with Gasteiger partial charge < -0.3 is 4.90 Å². The molecule has 2 heteroatoms. The lowest BCUT2D eigenvalue weighted by Crippen LogP contribution is -2.26. The molecule has 0 saturated carbocycles. The van der Waals surface area contributed by atoms with Crippen LogP contribution in [0.5, 0.6) is 0 Å². The van der Waals surface area contributed by atoms with E-state index in [0.29, 0.717) is 13.0 Å². The fraction of sp³-hybridized carbons (Fsp3) is 0.250. The molecule has 1 heterocycles. The van der Waals surface area contributed by atoms with Crippen LogP contribution in [0.3, 0.4) is 0 Å². The van der Waals surface area contributed by atoms with E-state index in [1.54, 1.807) is 4.90 Å². The molecule has 2 rings (SSSR count). The summed E-state index contributed by atoms with van der Waals surface area (Å²) in [6.45, 7) is 0.691. The van der Waals surface area contributed by atoms with E-state index in [1.807, 2.05) is 42.6 Å². The maximum atomic E-state index is 11.5. The van der Waals surface area contributed by atoms with Crippen molar-refractivity contribution >= 4 is 5.91 Å². The van der Waals surface area contributed by atoms with Gasteiger partial charge in [0.25, 0.3) is 0 Å². The molecular weight excluding hydrogens is 174 g/mol. The number of rotatable bonds is 2. The van der Waals surface area contributed by atoms with Crippen LogP contribution in [-0.2, 0) is 11.3 Å². The second-order valence-corrected chi connectivity index (χ2v) is 3.43. The molecule has 1 aromatic carbocycles. The summed E-state index contributed by atoms with van der Waals surface area (Å²) in [5.41, 5.74) is 1.17. The monoisotopic (exact) mass is 187 g/mol. The van der Waals surface area contributed by atoms with Gasteiger partial charge >= 0.3 is 0 Å². The summed E-state index contributed by atoms with van der Waals surface area (Å²) in [5.74, 6) is 0.219. The molecule has 14 heavy (non-hydrogen) atoms. The highest BCUT2D eigenvalue weighted by Gasteiger charge is 2.13. The van der Waals surface area contributed by atoms with Gasteiger partial charge in [0, 0.05) is 12.6 Å². The third kappa shape index (κ3) is 2.02. The molecule has 72 valence electrons. The van der Waals surface area contributed by atoms with Crippen molar-refractivity contribution in [3.63, 3.8) is 0 Å². The average molecular weight is 187 g/mol. The predicted molar refractivity (Wildman–Crippen MR) is 55.4 cm³/mol. The number of allylic oxidation sites excluding steroid dienone is 1. The summed E-state index contributed by atoms with van der Waals surface area (Å²) >= 11 is 0. The fourth-order valence-corrected chi connectivity index (χ4v) is 1.56. The van der Waals surface area contributed by atoms with Gasteiger partial charge in [0.15, 0.2) is 0 Å². The summed E-state index contributed by atoms with van der Waals surface area (Å²) in [4.78, 5) is 13.2. The Morgan fingerprint density at radius 1 is 1.21 bits per heavy atom. The van der Waals surface area contributed by atoms with Crippen LogP contribution in [0.15, 0.2) is 42.6 Å². The smallest absolute Gasteiger partial charge is 0.227 e. The molecule has 1 aromatic rings. The molecular formula is C12H13NO. The van der Waals surface area contributed by atoms with Gasteiger partial charge in [-0.2, -0.15) is 0 Å². The molecule has 1 aliphatic heterocycles. The van der Waals surface area contributed by atoms with Gasteiger partial charge in [0.2, 0.25) is 5.91 Å². The highest BCUT2D eigenvalue weighted by molar-refractivity contribution is 5.78. The van der Waals surface area contributed by atoms with Gasteiger partial charge in [-0.15, -0.1) is 0 Å². The van der Waals surface area contributed by atoms with Crippen LogP contribution in [0, 0.1) is 0 Å². The van der Waals surface area contributed by atoms with E-state index < -0.39 is 0 Å². The minimum absolute atomic E-state index is 0.219. The minimum atomic E-state index is 0.219. The molecule has 0 radical (unpaired) electrons. The van der Waals surface area contributed by atoms with Crippen LogP contribution in [0.1, 0.15) is 18.4 Å². The normalized spacial score (nSPS) is 16.0. The van der Waals surface area contributed by atoms with Gasteiger partial charge in [-0.05, 0) is 12.0 Å². The number of amides is 1. The van der Waals surface area contributed by atoms with Crippen LogP contribution in [0.4, 0.5) is 0 Å². The Morgan fingerprint density at radius 2 is 2.00 bits per heavy atom. The van der Waals surface area contributed by atoms with Crippen molar-refractivity contribution in [2.45, 2.75) is 19.4 Å². The lowest BCUT2D eigenvalue weighted by Gasteiger charge is -2.21. The molecule has 0 aliphatic carbocycles. The Kier molecular flexibility index (Phi) is 2.63. The average Bonchev–Trinajstić information content (AvgIpc) is 2.23. The SMILES string of the molecule is O=C1CCC=CN1Cc1ccccc1. The predicted octanol–water partition coefficient (Wildman–Crippen LogP) is 2.32. The topological polar surface area (TPSA) is 20.3 Å². The molecule has 0 bridgehead atoms. The maximum Gasteiger partial charge on any atom is 0.227 e. The van der Waals surface area contributed by atoms with E-state index in [2.05, 4.69) is 0 Å². The molecule has 0 fully saturated rings. The van der Waals surface area contributed by atoms with Gasteiger partial charge in [-0.1, -0.05) is 36.4 Å². The van der Waals surface area contributed by atoms with E-state index in [0.717, 1.165) is 6.42 Å². The second-order valence-electron chi connectivity index (χ2n) is 3.43. The molecule has 1 amide bonds. The highest BCUT2D eigenvalue weighted by Crippen LogP contribution is 2.11. The summed E-state index contributed by atoms with van der Waals surface area (Å²) in [7, 11) is 0. The van der Waals surface area contributed by atoms with E-state index >= 15 is 0 Å². The minimum Gasteiger partial charge on any atom is -0.315 e. The number of carbonyl (C=O) groups excluding carboxylic acids is 1. The maximum absolute atomic E-state index is 11.5. The number of carbonyl (C=O) groups is 1. The summed E-state index contributed by atoms with van der Waals surface area (Å²) < 4.78 is 0. The summed E-state index contributed by atoms with van der Waals surface area (Å²) in [6, 6.07) is 10.0. The molecule has 0 atom stereocenters. The lowest BCUT2D eigenvalue weighted by molar-refractivity contribution is -0.129. The number of hydrogen-bond donors (Lipinski definition) is 0. The van der Waals surface area contributed by atoms with Crippen LogP contribution in [0.25, 0.3) is 0 Å². The van der Waals surface area contributed by atoms with E-state index in [9.17, 15) is 4.79 Å². The first-order valence-electron chi connectivity index (χ1n) is 4.86. The van der Waals surface area contributed by atoms with Crippen LogP contribution in [-0.4, -0.2) is 10.8 Å². The Balaban J connectivity index is 2.07. The van der Waals surface area contributed by atoms with Crippen LogP contribution < -0.4 is 0 Å². The third-order valence-electron chi connectivity index (χ3n) is 2.33. The molecule has 0 unspecified atom stereocenters. The molecule has 0 N–H and O–H groups in total. The van der Waals surface area contributed by atoms with Gasteiger partial charge in [-0.25, -0.2) is 0 Å². The Morgan fingerprint density at radius 3 is 2.71 bits per heavy atom. The first-order chi connectivity index (χ1) is 6.86. The quantitative estimate of drug-likeness (QED) is 0.695. The van der Waals surface area contributed by atoms with Gasteiger partial charge in [0.05, 0.1) is 6.54 Å². The zero-order valence-corrected chi connectivity index (χ0v) is 8.02. The zero-order chi connectivity index (χ0) is 9.80.